The first kappa shape index (κ1) is 15.3. The highest BCUT2D eigenvalue weighted by atomic mass is 16.5. The van der Waals surface area contributed by atoms with Crippen LogP contribution in [0.5, 0.6) is 0 Å². The van der Waals surface area contributed by atoms with Crippen molar-refractivity contribution < 1.29 is 4.74 Å². The number of hydrogen-bond acceptors (Lipinski definition) is 5. The zero-order chi connectivity index (χ0) is 16.9. The highest BCUT2D eigenvalue weighted by Gasteiger charge is 2.52. The lowest BCUT2D eigenvalue weighted by Gasteiger charge is -2.41. The fourth-order valence-corrected chi connectivity index (χ4v) is 4.10. The van der Waals surface area contributed by atoms with Crippen LogP contribution in [0.4, 0.5) is 5.69 Å². The van der Waals surface area contributed by atoms with Gasteiger partial charge in [0.15, 0.2) is 0 Å². The molecule has 0 radical (unpaired) electrons. The Balaban J connectivity index is 1.29. The molecule has 2 saturated heterocycles. The van der Waals surface area contributed by atoms with Crippen LogP contribution in [0.3, 0.4) is 0 Å². The molecule has 0 N–H and O–H groups in total. The van der Waals surface area contributed by atoms with Crippen LogP contribution in [0.2, 0.25) is 0 Å². The SMILES string of the molecule is Cc1cc(N2CC3(CC3)C2)cnc1-c1cn(CC2CCCCO2)nn1. The predicted octanol–water partition coefficient (Wildman–Crippen LogP) is 2.82. The molecule has 25 heavy (non-hydrogen) atoms. The van der Waals surface area contributed by atoms with Gasteiger partial charge in [-0.25, -0.2) is 4.68 Å². The maximum atomic E-state index is 5.79. The van der Waals surface area contributed by atoms with E-state index in [0.717, 1.165) is 36.5 Å². The molecule has 6 heteroatoms. The lowest BCUT2D eigenvalue weighted by molar-refractivity contribution is 0.00370. The first-order valence-corrected chi connectivity index (χ1v) is 9.45. The molecule has 6 nitrogen and oxygen atoms in total. The summed E-state index contributed by atoms with van der Waals surface area (Å²) in [5, 5.41) is 8.61. The monoisotopic (exact) mass is 339 g/mol. The Hall–Kier alpha value is -1.95. The summed E-state index contributed by atoms with van der Waals surface area (Å²) in [5.74, 6) is 0. The molecule has 0 amide bonds. The molecule has 1 unspecified atom stereocenters. The van der Waals surface area contributed by atoms with Crippen LogP contribution in [0.1, 0.15) is 37.7 Å². The maximum Gasteiger partial charge on any atom is 0.131 e. The lowest BCUT2D eigenvalue weighted by Crippen LogP contribution is -2.48. The topological polar surface area (TPSA) is 56.1 Å². The maximum absolute atomic E-state index is 5.79. The van der Waals surface area contributed by atoms with Crippen molar-refractivity contribution in [3.05, 3.63) is 24.0 Å². The molecule has 3 aliphatic rings. The van der Waals surface area contributed by atoms with E-state index in [1.165, 1.54) is 44.5 Å². The van der Waals surface area contributed by atoms with E-state index in [1.807, 2.05) is 17.1 Å². The molecule has 0 aromatic carbocycles. The summed E-state index contributed by atoms with van der Waals surface area (Å²) in [4.78, 5) is 7.13. The van der Waals surface area contributed by atoms with E-state index in [-0.39, 0.29) is 6.10 Å². The molecule has 132 valence electrons. The largest absolute Gasteiger partial charge is 0.376 e. The van der Waals surface area contributed by atoms with Gasteiger partial charge < -0.3 is 9.64 Å². The summed E-state index contributed by atoms with van der Waals surface area (Å²) in [6.45, 7) is 6.16. The van der Waals surface area contributed by atoms with Crippen LogP contribution in [-0.4, -0.2) is 45.8 Å². The van der Waals surface area contributed by atoms with Crippen molar-refractivity contribution in [2.75, 3.05) is 24.6 Å². The van der Waals surface area contributed by atoms with Gasteiger partial charge >= 0.3 is 0 Å². The van der Waals surface area contributed by atoms with E-state index < -0.39 is 0 Å². The zero-order valence-corrected chi connectivity index (χ0v) is 14.8. The van der Waals surface area contributed by atoms with Gasteiger partial charge in [-0.05, 0) is 50.7 Å². The third-order valence-corrected chi connectivity index (χ3v) is 5.88. The molecule has 4 heterocycles. The van der Waals surface area contributed by atoms with Crippen molar-refractivity contribution in [3.8, 4) is 11.4 Å². The zero-order valence-electron chi connectivity index (χ0n) is 14.8. The number of aromatic nitrogens is 4. The number of nitrogens with zero attached hydrogens (tertiary/aromatic N) is 5. The minimum Gasteiger partial charge on any atom is -0.376 e. The number of ether oxygens (including phenoxy) is 1. The molecule has 1 spiro atoms. The van der Waals surface area contributed by atoms with E-state index in [4.69, 9.17) is 9.72 Å². The quantitative estimate of drug-likeness (QED) is 0.857. The van der Waals surface area contributed by atoms with Gasteiger partial charge in [-0.2, -0.15) is 0 Å². The van der Waals surface area contributed by atoms with E-state index >= 15 is 0 Å². The van der Waals surface area contributed by atoms with Gasteiger partial charge in [-0.1, -0.05) is 5.21 Å². The minimum atomic E-state index is 0.265. The summed E-state index contributed by atoms with van der Waals surface area (Å²) in [5.41, 5.74) is 4.84. The van der Waals surface area contributed by atoms with Gasteiger partial charge in [-0.15, -0.1) is 5.10 Å². The third kappa shape index (κ3) is 2.92. The molecule has 2 aromatic rings. The van der Waals surface area contributed by atoms with Gasteiger partial charge in [0.25, 0.3) is 0 Å². The second-order valence-electron chi connectivity index (χ2n) is 8.03. The second kappa shape index (κ2) is 5.80. The van der Waals surface area contributed by atoms with Crippen molar-refractivity contribution >= 4 is 5.69 Å². The predicted molar refractivity (Wildman–Crippen MR) is 95.5 cm³/mol. The Morgan fingerprint density at radius 2 is 2.16 bits per heavy atom. The first-order chi connectivity index (χ1) is 12.2. The van der Waals surface area contributed by atoms with Gasteiger partial charge in [0.2, 0.25) is 0 Å². The summed E-state index contributed by atoms with van der Waals surface area (Å²) in [6, 6.07) is 2.24. The number of rotatable bonds is 4. The van der Waals surface area contributed by atoms with Crippen molar-refractivity contribution in [1.29, 1.82) is 0 Å². The molecule has 1 saturated carbocycles. The highest BCUT2D eigenvalue weighted by molar-refractivity contribution is 5.62. The molecule has 5 rings (SSSR count). The van der Waals surface area contributed by atoms with Gasteiger partial charge in [-0.3, -0.25) is 4.98 Å². The molecule has 3 fully saturated rings. The molecule has 1 atom stereocenters. The van der Waals surface area contributed by atoms with Gasteiger partial charge in [0.05, 0.1) is 36.4 Å². The number of hydrogen-bond donors (Lipinski definition) is 0. The van der Waals surface area contributed by atoms with Gasteiger partial charge in [0.1, 0.15) is 5.69 Å². The standard InChI is InChI=1S/C19H25N5O/c1-14-8-15(23-12-19(13-23)5-6-19)9-20-18(14)17-11-24(22-21-17)10-16-4-2-3-7-25-16/h8-9,11,16H,2-7,10,12-13H2,1H3. The second-order valence-corrected chi connectivity index (χ2v) is 8.03. The van der Waals surface area contributed by atoms with Crippen LogP contribution in [0.15, 0.2) is 18.5 Å². The van der Waals surface area contributed by atoms with Crippen LogP contribution >= 0.6 is 0 Å². The van der Waals surface area contributed by atoms with Crippen molar-refractivity contribution in [3.63, 3.8) is 0 Å². The Labute approximate surface area is 148 Å². The van der Waals surface area contributed by atoms with E-state index in [0.29, 0.717) is 5.41 Å². The summed E-state index contributed by atoms with van der Waals surface area (Å²) >= 11 is 0. The smallest absolute Gasteiger partial charge is 0.131 e. The van der Waals surface area contributed by atoms with Crippen LogP contribution in [-0.2, 0) is 11.3 Å². The van der Waals surface area contributed by atoms with Crippen molar-refractivity contribution in [2.24, 2.45) is 5.41 Å². The minimum absolute atomic E-state index is 0.265. The Kier molecular flexibility index (Phi) is 3.55. The normalized spacial score (nSPS) is 24.4. The molecule has 1 aliphatic carbocycles. The highest BCUT2D eigenvalue weighted by Crippen LogP contribution is 2.53. The van der Waals surface area contributed by atoms with Crippen LogP contribution in [0.25, 0.3) is 11.4 Å². The average molecular weight is 339 g/mol. The summed E-state index contributed by atoms with van der Waals surface area (Å²) in [6.07, 6.45) is 10.6. The van der Waals surface area contributed by atoms with Crippen LogP contribution in [0, 0.1) is 12.3 Å². The number of pyridine rings is 1. The molecule has 2 aromatic heterocycles. The van der Waals surface area contributed by atoms with Crippen LogP contribution < -0.4 is 4.90 Å². The fraction of sp³-hybridized carbons (Fsp3) is 0.632. The fourth-order valence-electron chi connectivity index (χ4n) is 4.10. The lowest BCUT2D eigenvalue weighted by atomic mass is 9.96. The first-order valence-electron chi connectivity index (χ1n) is 9.45. The van der Waals surface area contributed by atoms with E-state index in [9.17, 15) is 0 Å². The van der Waals surface area contributed by atoms with Gasteiger partial charge in [0, 0.05) is 25.1 Å². The average Bonchev–Trinajstić information content (AvgIpc) is 3.28. The molecule has 2 aliphatic heterocycles. The van der Waals surface area contributed by atoms with Crippen molar-refractivity contribution in [2.45, 2.75) is 51.7 Å². The molecular weight excluding hydrogens is 314 g/mol. The third-order valence-electron chi connectivity index (χ3n) is 5.88. The Morgan fingerprint density at radius 3 is 2.88 bits per heavy atom. The molecule has 0 bridgehead atoms. The summed E-state index contributed by atoms with van der Waals surface area (Å²) < 4.78 is 7.69. The summed E-state index contributed by atoms with van der Waals surface area (Å²) in [7, 11) is 0. The van der Waals surface area contributed by atoms with Crippen molar-refractivity contribution in [1.82, 2.24) is 20.0 Å². The van der Waals surface area contributed by atoms with E-state index in [2.05, 4.69) is 28.2 Å². The molecular formula is C19H25N5O. The Bertz CT molecular complexity index is 768. The van der Waals surface area contributed by atoms with E-state index in [1.54, 1.807) is 0 Å². The Morgan fingerprint density at radius 1 is 1.28 bits per heavy atom. The number of aryl methyl sites for hydroxylation is 1. The number of anilines is 1.